The maximum atomic E-state index is 12.6. The third-order valence-electron chi connectivity index (χ3n) is 4.91. The van der Waals surface area contributed by atoms with Crippen LogP contribution in [0.15, 0.2) is 46.7 Å². The summed E-state index contributed by atoms with van der Waals surface area (Å²) in [7, 11) is -3.57. The van der Waals surface area contributed by atoms with Gasteiger partial charge >= 0.3 is 0 Å². The number of benzene rings is 1. The summed E-state index contributed by atoms with van der Waals surface area (Å²) in [5.41, 5.74) is 1.34. The second kappa shape index (κ2) is 8.61. The van der Waals surface area contributed by atoms with Crippen molar-refractivity contribution in [3.8, 4) is 0 Å². The van der Waals surface area contributed by atoms with Gasteiger partial charge in [0.05, 0.1) is 0 Å². The van der Waals surface area contributed by atoms with Crippen molar-refractivity contribution in [2.75, 3.05) is 28.0 Å². The molecule has 30 heavy (non-hydrogen) atoms. The van der Waals surface area contributed by atoms with Gasteiger partial charge in [-0.2, -0.15) is 0 Å². The second-order valence-electron chi connectivity index (χ2n) is 7.23. The number of nitrogens with one attached hydrogen (secondary N) is 2. The molecule has 3 aromatic rings. The van der Waals surface area contributed by atoms with Crippen LogP contribution in [0.25, 0.3) is 0 Å². The number of nitrogens with zero attached hydrogens (tertiary/aromatic N) is 3. The molecule has 0 spiro atoms. The van der Waals surface area contributed by atoms with Crippen molar-refractivity contribution in [2.24, 2.45) is 0 Å². The SMILES string of the molecule is CCc1ccc(S(=O)(=O)Nc2ccc(Nc3cc(N4CCCC4)nc(C)n3)cc2)s1. The van der Waals surface area contributed by atoms with E-state index >= 15 is 0 Å². The second-order valence-corrected chi connectivity index (χ2v) is 10.3. The highest BCUT2D eigenvalue weighted by Crippen LogP contribution is 2.26. The number of hydrogen-bond donors (Lipinski definition) is 2. The highest BCUT2D eigenvalue weighted by molar-refractivity contribution is 7.94. The quantitative estimate of drug-likeness (QED) is 0.557. The Bertz CT molecular complexity index is 1120. The molecule has 1 fully saturated rings. The van der Waals surface area contributed by atoms with E-state index in [9.17, 15) is 8.42 Å². The van der Waals surface area contributed by atoms with Crippen LogP contribution in [-0.4, -0.2) is 31.5 Å². The van der Waals surface area contributed by atoms with Gasteiger partial charge in [0.2, 0.25) is 0 Å². The van der Waals surface area contributed by atoms with Crippen LogP contribution in [0.2, 0.25) is 0 Å². The van der Waals surface area contributed by atoms with Gasteiger partial charge in [-0.1, -0.05) is 6.92 Å². The Morgan fingerprint density at radius 3 is 2.40 bits per heavy atom. The van der Waals surface area contributed by atoms with Crippen LogP contribution in [-0.2, 0) is 16.4 Å². The number of rotatable bonds is 7. The van der Waals surface area contributed by atoms with E-state index in [1.165, 1.54) is 24.2 Å². The van der Waals surface area contributed by atoms with E-state index in [4.69, 9.17) is 0 Å². The van der Waals surface area contributed by atoms with E-state index in [-0.39, 0.29) is 0 Å². The Hall–Kier alpha value is -2.65. The first-order chi connectivity index (χ1) is 14.4. The van der Waals surface area contributed by atoms with Gasteiger partial charge in [0.15, 0.2) is 0 Å². The molecule has 1 aromatic carbocycles. The fourth-order valence-electron chi connectivity index (χ4n) is 3.39. The van der Waals surface area contributed by atoms with Crippen LogP contribution >= 0.6 is 11.3 Å². The molecule has 2 aromatic heterocycles. The topological polar surface area (TPSA) is 87.2 Å². The third kappa shape index (κ3) is 4.73. The molecule has 1 saturated heterocycles. The molecule has 1 aliphatic rings. The van der Waals surface area contributed by atoms with Gasteiger partial charge in [-0.3, -0.25) is 4.72 Å². The minimum atomic E-state index is -3.57. The molecule has 9 heteroatoms. The van der Waals surface area contributed by atoms with Crippen LogP contribution in [0.5, 0.6) is 0 Å². The molecule has 4 rings (SSSR count). The Balaban J connectivity index is 1.46. The molecule has 0 atom stereocenters. The van der Waals surface area contributed by atoms with E-state index < -0.39 is 10.0 Å². The van der Waals surface area contributed by atoms with E-state index in [2.05, 4.69) is 24.9 Å². The van der Waals surface area contributed by atoms with E-state index in [1.54, 1.807) is 18.2 Å². The third-order valence-corrected chi connectivity index (χ3v) is 8.02. The largest absolute Gasteiger partial charge is 0.356 e. The first kappa shape index (κ1) is 20.6. The summed E-state index contributed by atoms with van der Waals surface area (Å²) in [5.74, 6) is 2.38. The highest BCUT2D eigenvalue weighted by atomic mass is 32.2. The van der Waals surface area contributed by atoms with Gasteiger partial charge < -0.3 is 10.2 Å². The first-order valence-electron chi connectivity index (χ1n) is 10.0. The molecule has 158 valence electrons. The standard InChI is InChI=1S/C21H25N5O2S2/c1-3-18-10-11-21(29-18)30(27,28)25-17-8-6-16(7-9-17)24-19-14-20(23-15(2)22-19)26-12-4-5-13-26/h6-11,14,25H,3-5,12-13H2,1-2H3,(H,22,23,24). The number of aryl methyl sites for hydroxylation is 2. The molecule has 1 aliphatic heterocycles. The Kier molecular flexibility index (Phi) is 5.92. The van der Waals surface area contributed by atoms with Crippen LogP contribution in [0.1, 0.15) is 30.5 Å². The molecule has 0 radical (unpaired) electrons. The molecule has 7 nitrogen and oxygen atoms in total. The summed E-state index contributed by atoms with van der Waals surface area (Å²) >= 11 is 1.30. The summed E-state index contributed by atoms with van der Waals surface area (Å²) < 4.78 is 28.1. The Labute approximate surface area is 181 Å². The van der Waals surface area contributed by atoms with Gasteiger partial charge in [0.25, 0.3) is 10.0 Å². The van der Waals surface area contributed by atoms with E-state index in [1.807, 2.05) is 38.1 Å². The number of sulfonamides is 1. The molecule has 0 bridgehead atoms. The molecule has 0 unspecified atom stereocenters. The summed E-state index contributed by atoms with van der Waals surface area (Å²) in [6, 6.07) is 12.6. The minimum absolute atomic E-state index is 0.326. The molecular weight excluding hydrogens is 418 g/mol. The lowest BCUT2D eigenvalue weighted by molar-refractivity contribution is 0.603. The Morgan fingerprint density at radius 1 is 1.03 bits per heavy atom. The fraction of sp³-hybridized carbons (Fsp3) is 0.333. The molecule has 3 heterocycles. The number of anilines is 4. The zero-order chi connectivity index (χ0) is 21.1. The first-order valence-corrected chi connectivity index (χ1v) is 12.3. The van der Waals surface area contributed by atoms with Crippen molar-refractivity contribution in [1.29, 1.82) is 0 Å². The van der Waals surface area contributed by atoms with Crippen molar-refractivity contribution in [3.63, 3.8) is 0 Å². The molecular formula is C21H25N5O2S2. The van der Waals surface area contributed by atoms with Gasteiger partial charge in [-0.05, 0) is 62.6 Å². The van der Waals surface area contributed by atoms with E-state index in [0.717, 1.165) is 41.7 Å². The molecule has 2 N–H and O–H groups in total. The lowest BCUT2D eigenvalue weighted by Gasteiger charge is -2.18. The number of thiophene rings is 1. The van der Waals surface area contributed by atoms with Crippen molar-refractivity contribution in [2.45, 2.75) is 37.3 Å². The van der Waals surface area contributed by atoms with Crippen LogP contribution in [0, 0.1) is 6.92 Å². The van der Waals surface area contributed by atoms with Gasteiger partial charge in [-0.15, -0.1) is 11.3 Å². The lowest BCUT2D eigenvalue weighted by Crippen LogP contribution is -2.19. The predicted octanol–water partition coefficient (Wildman–Crippen LogP) is 4.55. The molecule has 0 amide bonds. The monoisotopic (exact) mass is 443 g/mol. The highest BCUT2D eigenvalue weighted by Gasteiger charge is 2.17. The van der Waals surface area contributed by atoms with Gasteiger partial charge in [0, 0.05) is 35.4 Å². The summed E-state index contributed by atoms with van der Waals surface area (Å²) in [5, 5.41) is 3.29. The summed E-state index contributed by atoms with van der Waals surface area (Å²) in [4.78, 5) is 12.3. The number of aromatic nitrogens is 2. The Morgan fingerprint density at radius 2 is 1.73 bits per heavy atom. The van der Waals surface area contributed by atoms with Crippen LogP contribution in [0.3, 0.4) is 0 Å². The minimum Gasteiger partial charge on any atom is -0.356 e. The normalized spacial score (nSPS) is 14.1. The zero-order valence-electron chi connectivity index (χ0n) is 17.1. The summed E-state index contributed by atoms with van der Waals surface area (Å²) in [6.07, 6.45) is 3.20. The fourth-order valence-corrected chi connectivity index (χ4v) is 5.75. The van der Waals surface area contributed by atoms with Crippen molar-refractivity contribution < 1.29 is 8.42 Å². The van der Waals surface area contributed by atoms with Crippen LogP contribution < -0.4 is 14.9 Å². The zero-order valence-corrected chi connectivity index (χ0v) is 18.7. The van der Waals surface area contributed by atoms with Crippen molar-refractivity contribution in [1.82, 2.24) is 9.97 Å². The lowest BCUT2D eigenvalue weighted by atomic mass is 10.3. The maximum Gasteiger partial charge on any atom is 0.271 e. The predicted molar refractivity (Wildman–Crippen MR) is 122 cm³/mol. The smallest absolute Gasteiger partial charge is 0.271 e. The summed E-state index contributed by atoms with van der Waals surface area (Å²) in [6.45, 7) is 5.94. The van der Waals surface area contributed by atoms with E-state index in [0.29, 0.717) is 15.7 Å². The van der Waals surface area contributed by atoms with Crippen molar-refractivity contribution >= 4 is 44.4 Å². The average molecular weight is 444 g/mol. The number of hydrogen-bond acceptors (Lipinski definition) is 7. The molecule has 0 saturated carbocycles. The van der Waals surface area contributed by atoms with Crippen molar-refractivity contribution in [3.05, 3.63) is 53.2 Å². The molecule has 0 aliphatic carbocycles. The maximum absolute atomic E-state index is 12.6. The van der Waals surface area contributed by atoms with Crippen LogP contribution in [0.4, 0.5) is 23.0 Å². The van der Waals surface area contributed by atoms with Gasteiger partial charge in [-0.25, -0.2) is 18.4 Å². The average Bonchev–Trinajstić information content (AvgIpc) is 3.41. The van der Waals surface area contributed by atoms with Gasteiger partial charge in [0.1, 0.15) is 21.7 Å².